The first kappa shape index (κ1) is 27.5. The van der Waals surface area contributed by atoms with Crippen molar-refractivity contribution in [3.05, 3.63) is 76.8 Å². The number of nitrogens with zero attached hydrogens (tertiary/aromatic N) is 4. The molecule has 2 N–H and O–H groups in total. The van der Waals surface area contributed by atoms with Gasteiger partial charge in [0, 0.05) is 21.9 Å². The number of nitrogen functional groups attached to an aromatic ring is 1. The summed E-state index contributed by atoms with van der Waals surface area (Å²) in [6.45, 7) is 4.50. The van der Waals surface area contributed by atoms with Gasteiger partial charge < -0.3 is 24.4 Å². The zero-order valence-corrected chi connectivity index (χ0v) is 23.3. The minimum absolute atomic E-state index is 0.0402. The topological polar surface area (TPSA) is 140 Å². The lowest BCUT2D eigenvalue weighted by molar-refractivity contribution is -0.141. The van der Waals surface area contributed by atoms with E-state index in [4.69, 9.17) is 36.0 Å². The Kier molecular flexibility index (Phi) is 7.97. The predicted molar refractivity (Wildman–Crippen MR) is 150 cm³/mol. The van der Waals surface area contributed by atoms with Crippen LogP contribution in [0.5, 0.6) is 5.75 Å². The molecule has 2 aromatic carbocycles. The van der Waals surface area contributed by atoms with Crippen LogP contribution in [0.15, 0.2) is 64.4 Å². The summed E-state index contributed by atoms with van der Waals surface area (Å²) in [7, 11) is 0. The number of nitrogens with two attached hydrogens (primary N) is 1. The van der Waals surface area contributed by atoms with Gasteiger partial charge in [-0.25, -0.2) is 9.97 Å². The van der Waals surface area contributed by atoms with Crippen molar-refractivity contribution in [2.45, 2.75) is 36.5 Å². The van der Waals surface area contributed by atoms with Gasteiger partial charge in [-0.3, -0.25) is 0 Å². The second-order valence-corrected chi connectivity index (χ2v) is 10.8. The van der Waals surface area contributed by atoms with Crippen LogP contribution >= 0.6 is 23.4 Å². The van der Waals surface area contributed by atoms with E-state index in [-0.39, 0.29) is 23.0 Å². The van der Waals surface area contributed by atoms with E-state index in [1.165, 1.54) is 18.2 Å². The average Bonchev–Trinajstić information content (AvgIpc) is 3.56. The quantitative estimate of drug-likeness (QED) is 0.242. The minimum Gasteiger partial charge on any atom is -0.491 e. The molecule has 3 heterocycles. The second kappa shape index (κ2) is 11.6. The Bertz CT molecular complexity index is 1610. The van der Waals surface area contributed by atoms with Crippen LogP contribution in [0.2, 0.25) is 5.02 Å². The molecule has 0 unspecified atom stereocenters. The molecule has 0 bridgehead atoms. The first-order chi connectivity index (χ1) is 19.3. The fourth-order valence-corrected chi connectivity index (χ4v) is 5.35. The molecule has 4 aromatic rings. The molecule has 11 heteroatoms. The fraction of sp³-hybridized carbons (Fsp3) is 0.241. The van der Waals surface area contributed by atoms with E-state index in [1.54, 1.807) is 36.4 Å². The number of hydrogen-bond donors (Lipinski definition) is 1. The Labute approximate surface area is 240 Å². The first-order valence-corrected chi connectivity index (χ1v) is 13.6. The van der Waals surface area contributed by atoms with Gasteiger partial charge in [0.25, 0.3) is 0 Å². The van der Waals surface area contributed by atoms with Crippen molar-refractivity contribution in [1.82, 2.24) is 9.97 Å². The molecule has 1 aliphatic rings. The molecule has 2 aromatic heterocycles. The van der Waals surface area contributed by atoms with Crippen LogP contribution in [0.4, 0.5) is 5.82 Å². The summed E-state index contributed by atoms with van der Waals surface area (Å²) in [6, 6.07) is 18.7. The number of nitriles is 2. The molecule has 0 aliphatic carbocycles. The standard InChI is InChI=1S/C29H24ClN5O4S/c1-29(2)38-14-21(39-29)13-36-20-9-5-17(6-10-20)25-22(11-31)27(33)35-28(23(25)12-32)40-15-24-26(37-16-34-24)18-3-7-19(30)8-4-18/h3-10,16,21H,13-15H2,1-2H3,(H2,33,35)/t21-/m1/s1. The number of hydrogen-bond acceptors (Lipinski definition) is 10. The summed E-state index contributed by atoms with van der Waals surface area (Å²) < 4.78 is 22.8. The highest BCUT2D eigenvalue weighted by Crippen LogP contribution is 2.38. The fourth-order valence-electron chi connectivity index (χ4n) is 4.29. The van der Waals surface area contributed by atoms with Crippen molar-refractivity contribution in [2.24, 2.45) is 0 Å². The summed E-state index contributed by atoms with van der Waals surface area (Å²) in [5, 5.41) is 21.0. The van der Waals surface area contributed by atoms with E-state index in [1.807, 2.05) is 26.0 Å². The third-order valence-electron chi connectivity index (χ3n) is 6.16. The van der Waals surface area contributed by atoms with Gasteiger partial charge in [0.2, 0.25) is 0 Å². The van der Waals surface area contributed by atoms with Gasteiger partial charge in [-0.1, -0.05) is 35.5 Å². The molecule has 0 amide bonds. The molecular formula is C29H24ClN5O4S. The molecule has 1 fully saturated rings. The number of rotatable bonds is 8. The first-order valence-electron chi connectivity index (χ1n) is 12.3. The second-order valence-electron chi connectivity index (χ2n) is 9.36. The van der Waals surface area contributed by atoms with E-state index >= 15 is 0 Å². The minimum atomic E-state index is -0.624. The molecule has 0 spiro atoms. The van der Waals surface area contributed by atoms with Crippen molar-refractivity contribution >= 4 is 29.2 Å². The predicted octanol–water partition coefficient (Wildman–Crippen LogP) is 6.21. The summed E-state index contributed by atoms with van der Waals surface area (Å²) >= 11 is 7.30. The zero-order valence-electron chi connectivity index (χ0n) is 21.7. The van der Waals surface area contributed by atoms with E-state index in [0.717, 1.165) is 5.56 Å². The van der Waals surface area contributed by atoms with Gasteiger partial charge in [-0.05, 0) is 55.8 Å². The van der Waals surface area contributed by atoms with Gasteiger partial charge in [-0.2, -0.15) is 10.5 Å². The maximum atomic E-state index is 10.1. The highest BCUT2D eigenvalue weighted by Gasteiger charge is 2.33. The highest BCUT2D eigenvalue weighted by atomic mass is 35.5. The number of thioether (sulfide) groups is 1. The molecule has 40 heavy (non-hydrogen) atoms. The van der Waals surface area contributed by atoms with Gasteiger partial charge in [0.1, 0.15) is 47.0 Å². The summed E-state index contributed by atoms with van der Waals surface area (Å²) in [4.78, 5) is 8.73. The third-order valence-corrected chi connectivity index (χ3v) is 7.39. The number of halogens is 1. The third kappa shape index (κ3) is 5.91. The zero-order chi connectivity index (χ0) is 28.3. The van der Waals surface area contributed by atoms with Crippen molar-refractivity contribution < 1.29 is 18.6 Å². The molecule has 0 radical (unpaired) electrons. The number of ether oxygens (including phenoxy) is 3. The number of pyridine rings is 1. The van der Waals surface area contributed by atoms with Crippen molar-refractivity contribution in [1.29, 1.82) is 10.5 Å². The SMILES string of the molecule is CC1(C)OC[C@@H](COc2ccc(-c3c(C#N)c(N)nc(SCc4ncoc4-c4ccc(Cl)cc4)c3C#N)cc2)O1. The monoisotopic (exact) mass is 573 g/mol. The Morgan fingerprint density at radius 1 is 1.07 bits per heavy atom. The van der Waals surface area contributed by atoms with E-state index in [2.05, 4.69) is 22.1 Å². The maximum absolute atomic E-state index is 10.1. The molecule has 0 saturated carbocycles. The number of oxazole rings is 1. The smallest absolute Gasteiger partial charge is 0.181 e. The van der Waals surface area contributed by atoms with E-state index < -0.39 is 5.79 Å². The Balaban J connectivity index is 1.38. The van der Waals surface area contributed by atoms with Crippen molar-refractivity contribution in [2.75, 3.05) is 18.9 Å². The molecule has 1 saturated heterocycles. The molecule has 5 rings (SSSR count). The van der Waals surface area contributed by atoms with Crippen molar-refractivity contribution in [3.8, 4) is 40.3 Å². The Hall–Kier alpha value is -4.06. The summed E-state index contributed by atoms with van der Waals surface area (Å²) in [6.07, 6.45) is 1.20. The van der Waals surface area contributed by atoms with Crippen LogP contribution in [-0.4, -0.2) is 35.1 Å². The molecule has 9 nitrogen and oxygen atoms in total. The lowest BCUT2D eigenvalue weighted by Gasteiger charge is -2.17. The number of anilines is 1. The van der Waals surface area contributed by atoms with Gasteiger partial charge in [-0.15, -0.1) is 0 Å². The molecule has 1 atom stereocenters. The van der Waals surface area contributed by atoms with Crippen LogP contribution in [0.1, 0.15) is 30.7 Å². The van der Waals surface area contributed by atoms with Gasteiger partial charge >= 0.3 is 0 Å². The van der Waals surface area contributed by atoms with E-state index in [9.17, 15) is 10.5 Å². The Morgan fingerprint density at radius 3 is 2.42 bits per heavy atom. The van der Waals surface area contributed by atoms with E-state index in [0.29, 0.717) is 57.3 Å². The van der Waals surface area contributed by atoms with Crippen LogP contribution in [-0.2, 0) is 15.2 Å². The maximum Gasteiger partial charge on any atom is 0.181 e. The normalized spacial score (nSPS) is 15.9. The molecule has 1 aliphatic heterocycles. The average molecular weight is 574 g/mol. The molecule has 202 valence electrons. The van der Waals surface area contributed by atoms with Gasteiger partial charge in [0.15, 0.2) is 17.9 Å². The lowest BCUT2D eigenvalue weighted by Crippen LogP contribution is -2.25. The summed E-state index contributed by atoms with van der Waals surface area (Å²) in [5.41, 5.74) is 9.13. The van der Waals surface area contributed by atoms with Gasteiger partial charge in [0.05, 0.1) is 17.9 Å². The largest absolute Gasteiger partial charge is 0.491 e. The van der Waals surface area contributed by atoms with Crippen LogP contribution < -0.4 is 10.5 Å². The lowest BCUT2D eigenvalue weighted by atomic mass is 9.97. The Morgan fingerprint density at radius 2 is 1.77 bits per heavy atom. The molecular weight excluding hydrogens is 550 g/mol. The van der Waals surface area contributed by atoms with Crippen LogP contribution in [0, 0.1) is 22.7 Å². The number of aromatic nitrogens is 2. The number of benzene rings is 2. The van der Waals surface area contributed by atoms with Crippen LogP contribution in [0.3, 0.4) is 0 Å². The van der Waals surface area contributed by atoms with Crippen LogP contribution in [0.25, 0.3) is 22.5 Å². The van der Waals surface area contributed by atoms with Crippen molar-refractivity contribution in [3.63, 3.8) is 0 Å². The highest BCUT2D eigenvalue weighted by molar-refractivity contribution is 7.98. The summed E-state index contributed by atoms with van der Waals surface area (Å²) in [5.74, 6) is 0.988.